The summed E-state index contributed by atoms with van der Waals surface area (Å²) in [5.41, 5.74) is 4.32. The zero-order valence-corrected chi connectivity index (χ0v) is 17.2. The highest BCUT2D eigenvalue weighted by Crippen LogP contribution is 2.34. The highest BCUT2D eigenvalue weighted by molar-refractivity contribution is 6.35. The van der Waals surface area contributed by atoms with Gasteiger partial charge >= 0.3 is 0 Å². The molecule has 2 amide bonds. The standard InChI is InChI=1S/C22H31N3O2/c1-6-11-25-21(26)19(17-8-7-15(2)16(3)14-17)20(22(25)27)24(5)18-9-12-23(4)13-10-18/h7-8,14,18H,6,9-13H2,1-5H3. The molecule has 0 radical (unpaired) electrons. The van der Waals surface area contributed by atoms with Crippen molar-refractivity contribution in [2.75, 3.05) is 33.7 Å². The number of amides is 2. The Morgan fingerprint density at radius 2 is 1.74 bits per heavy atom. The van der Waals surface area contributed by atoms with Crippen LogP contribution in [-0.2, 0) is 9.59 Å². The fourth-order valence-corrected chi connectivity index (χ4v) is 4.04. The van der Waals surface area contributed by atoms with Crippen molar-refractivity contribution in [1.29, 1.82) is 0 Å². The molecule has 5 nitrogen and oxygen atoms in total. The molecule has 0 N–H and O–H groups in total. The van der Waals surface area contributed by atoms with Crippen LogP contribution in [0, 0.1) is 13.8 Å². The van der Waals surface area contributed by atoms with E-state index in [4.69, 9.17) is 0 Å². The van der Waals surface area contributed by atoms with Crippen LogP contribution in [0.1, 0.15) is 42.9 Å². The summed E-state index contributed by atoms with van der Waals surface area (Å²) in [4.78, 5) is 32.2. The topological polar surface area (TPSA) is 43.9 Å². The quantitative estimate of drug-likeness (QED) is 0.749. The van der Waals surface area contributed by atoms with Gasteiger partial charge in [0.05, 0.1) is 5.57 Å². The van der Waals surface area contributed by atoms with Crippen molar-refractivity contribution in [2.45, 2.75) is 46.1 Å². The number of imide groups is 1. The third kappa shape index (κ3) is 3.65. The molecule has 0 unspecified atom stereocenters. The van der Waals surface area contributed by atoms with Crippen LogP contribution in [0.25, 0.3) is 5.57 Å². The second-order valence-electron chi connectivity index (χ2n) is 7.93. The first-order chi connectivity index (χ1) is 12.8. The number of nitrogens with zero attached hydrogens (tertiary/aromatic N) is 3. The van der Waals surface area contributed by atoms with Crippen LogP contribution in [0.5, 0.6) is 0 Å². The molecule has 1 aromatic carbocycles. The van der Waals surface area contributed by atoms with Crippen molar-refractivity contribution in [2.24, 2.45) is 0 Å². The molecular formula is C22H31N3O2. The maximum Gasteiger partial charge on any atom is 0.277 e. The van der Waals surface area contributed by atoms with E-state index in [2.05, 4.69) is 23.8 Å². The van der Waals surface area contributed by atoms with E-state index in [0.717, 1.165) is 43.5 Å². The molecule has 146 valence electrons. The van der Waals surface area contributed by atoms with Crippen LogP contribution in [0.4, 0.5) is 0 Å². The number of likely N-dealkylation sites (tertiary alicyclic amines) is 1. The predicted octanol–water partition coefficient (Wildman–Crippen LogP) is 2.82. The number of rotatable bonds is 5. The van der Waals surface area contributed by atoms with Crippen molar-refractivity contribution in [1.82, 2.24) is 14.7 Å². The summed E-state index contributed by atoms with van der Waals surface area (Å²) in [6.07, 6.45) is 2.78. The Morgan fingerprint density at radius 3 is 2.33 bits per heavy atom. The Kier molecular flexibility index (Phi) is 5.70. The number of hydrogen-bond donors (Lipinski definition) is 0. The lowest BCUT2D eigenvalue weighted by atomic mass is 9.97. The summed E-state index contributed by atoms with van der Waals surface area (Å²) in [6, 6.07) is 6.33. The second-order valence-corrected chi connectivity index (χ2v) is 7.93. The zero-order chi connectivity index (χ0) is 19.7. The van der Waals surface area contributed by atoms with Gasteiger partial charge in [-0.3, -0.25) is 14.5 Å². The van der Waals surface area contributed by atoms with Crippen LogP contribution in [0.15, 0.2) is 23.9 Å². The Hall–Kier alpha value is -2.14. The number of carbonyl (C=O) groups is 2. The third-order valence-electron chi connectivity index (χ3n) is 5.97. The molecule has 0 saturated carbocycles. The highest BCUT2D eigenvalue weighted by Gasteiger charge is 2.41. The van der Waals surface area contributed by atoms with E-state index in [0.29, 0.717) is 17.8 Å². The molecule has 1 fully saturated rings. The molecular weight excluding hydrogens is 338 g/mol. The Balaban J connectivity index is 2.04. The predicted molar refractivity (Wildman–Crippen MR) is 108 cm³/mol. The fourth-order valence-electron chi connectivity index (χ4n) is 4.04. The minimum Gasteiger partial charge on any atom is -0.366 e. The number of hydrogen-bond acceptors (Lipinski definition) is 4. The first-order valence-corrected chi connectivity index (χ1v) is 9.94. The summed E-state index contributed by atoms with van der Waals surface area (Å²) in [7, 11) is 4.11. The minimum atomic E-state index is -0.153. The van der Waals surface area contributed by atoms with Crippen molar-refractivity contribution >= 4 is 17.4 Å². The number of benzene rings is 1. The molecule has 1 aromatic rings. The molecule has 0 aliphatic carbocycles. The molecule has 0 spiro atoms. The van der Waals surface area contributed by atoms with E-state index >= 15 is 0 Å². The normalized spacial score (nSPS) is 19.4. The van der Waals surface area contributed by atoms with E-state index in [9.17, 15) is 9.59 Å². The van der Waals surface area contributed by atoms with Gasteiger partial charge in [-0.2, -0.15) is 0 Å². The first kappa shape index (κ1) is 19.6. The van der Waals surface area contributed by atoms with Gasteiger partial charge in [-0.15, -0.1) is 0 Å². The van der Waals surface area contributed by atoms with Gasteiger partial charge < -0.3 is 9.80 Å². The highest BCUT2D eigenvalue weighted by atomic mass is 16.2. The van der Waals surface area contributed by atoms with E-state index < -0.39 is 0 Å². The van der Waals surface area contributed by atoms with Gasteiger partial charge in [0.1, 0.15) is 5.70 Å². The number of piperidine rings is 1. The van der Waals surface area contributed by atoms with Crippen molar-refractivity contribution in [3.63, 3.8) is 0 Å². The molecule has 0 aromatic heterocycles. The van der Waals surface area contributed by atoms with Gasteiger partial charge in [-0.05, 0) is 69.9 Å². The van der Waals surface area contributed by atoms with Crippen LogP contribution in [0.2, 0.25) is 0 Å². The van der Waals surface area contributed by atoms with Gasteiger partial charge in [-0.25, -0.2) is 0 Å². The Labute approximate surface area is 162 Å². The molecule has 5 heteroatoms. The van der Waals surface area contributed by atoms with Gasteiger partial charge in [0.15, 0.2) is 0 Å². The SMILES string of the molecule is CCCN1C(=O)C(c2ccc(C)c(C)c2)=C(N(C)C2CCN(C)CC2)C1=O. The number of carbonyl (C=O) groups excluding carboxylic acids is 2. The molecule has 3 rings (SSSR count). The van der Waals surface area contributed by atoms with E-state index in [1.165, 1.54) is 10.5 Å². The summed E-state index contributed by atoms with van der Waals surface area (Å²) in [5, 5.41) is 0. The maximum absolute atomic E-state index is 13.2. The van der Waals surface area contributed by atoms with Gasteiger partial charge in [0.25, 0.3) is 11.8 Å². The molecule has 0 bridgehead atoms. The van der Waals surface area contributed by atoms with Crippen LogP contribution >= 0.6 is 0 Å². The van der Waals surface area contributed by atoms with Gasteiger partial charge in [0, 0.05) is 19.6 Å². The second kappa shape index (κ2) is 7.85. The van der Waals surface area contributed by atoms with E-state index in [1.54, 1.807) is 0 Å². The Bertz CT molecular complexity index is 776. The summed E-state index contributed by atoms with van der Waals surface area (Å²) < 4.78 is 0. The van der Waals surface area contributed by atoms with E-state index in [1.807, 2.05) is 39.1 Å². The van der Waals surface area contributed by atoms with Gasteiger partial charge in [-0.1, -0.05) is 25.1 Å². The average Bonchev–Trinajstić information content (AvgIpc) is 2.89. The number of likely N-dealkylation sites (N-methyl/N-ethyl adjacent to an activating group) is 1. The Morgan fingerprint density at radius 1 is 1.07 bits per heavy atom. The molecule has 2 aliphatic heterocycles. The lowest BCUT2D eigenvalue weighted by Crippen LogP contribution is -2.43. The first-order valence-electron chi connectivity index (χ1n) is 9.94. The van der Waals surface area contributed by atoms with Crippen molar-refractivity contribution in [3.8, 4) is 0 Å². The lowest BCUT2D eigenvalue weighted by molar-refractivity contribution is -0.137. The largest absolute Gasteiger partial charge is 0.366 e. The van der Waals surface area contributed by atoms with Crippen LogP contribution in [-0.4, -0.2) is 66.3 Å². The average molecular weight is 370 g/mol. The van der Waals surface area contributed by atoms with Gasteiger partial charge in [0.2, 0.25) is 0 Å². The maximum atomic E-state index is 13.2. The molecule has 2 aliphatic rings. The molecule has 0 atom stereocenters. The summed E-state index contributed by atoms with van der Waals surface area (Å²) >= 11 is 0. The molecule has 2 heterocycles. The fraction of sp³-hybridized carbons (Fsp3) is 0.545. The molecule has 1 saturated heterocycles. The summed E-state index contributed by atoms with van der Waals surface area (Å²) in [6.45, 7) is 8.60. The number of aryl methyl sites for hydroxylation is 2. The smallest absolute Gasteiger partial charge is 0.277 e. The molecule has 27 heavy (non-hydrogen) atoms. The van der Waals surface area contributed by atoms with Crippen LogP contribution in [0.3, 0.4) is 0 Å². The lowest BCUT2D eigenvalue weighted by Gasteiger charge is -2.36. The third-order valence-corrected chi connectivity index (χ3v) is 5.97. The van der Waals surface area contributed by atoms with Crippen molar-refractivity contribution < 1.29 is 9.59 Å². The monoisotopic (exact) mass is 369 g/mol. The zero-order valence-electron chi connectivity index (χ0n) is 17.2. The summed E-state index contributed by atoms with van der Waals surface area (Å²) in [5.74, 6) is -0.295. The van der Waals surface area contributed by atoms with Crippen molar-refractivity contribution in [3.05, 3.63) is 40.6 Å². The van der Waals surface area contributed by atoms with Crippen LogP contribution < -0.4 is 0 Å². The minimum absolute atomic E-state index is 0.142. The van der Waals surface area contributed by atoms with E-state index in [-0.39, 0.29) is 17.9 Å².